The minimum atomic E-state index is -0.727. The number of amides is 2. The van der Waals surface area contributed by atoms with Crippen LogP contribution < -0.4 is 10.6 Å². The second-order valence-corrected chi connectivity index (χ2v) is 7.53. The molecule has 2 aliphatic heterocycles. The minimum Gasteiger partial charge on any atom is -0.355 e. The lowest BCUT2D eigenvalue weighted by molar-refractivity contribution is -0.120. The summed E-state index contributed by atoms with van der Waals surface area (Å²) in [6.07, 6.45) is 0.897. The second-order valence-electron chi connectivity index (χ2n) is 7.53. The zero-order valence-electron chi connectivity index (χ0n) is 16.3. The van der Waals surface area contributed by atoms with Gasteiger partial charge in [-0.3, -0.25) is 9.59 Å². The molecule has 0 bridgehead atoms. The number of benzene rings is 1. The molecule has 2 N–H and O–H groups in total. The van der Waals surface area contributed by atoms with Gasteiger partial charge in [0.05, 0.1) is 46.4 Å². The van der Waals surface area contributed by atoms with Crippen LogP contribution in [0.4, 0.5) is 8.78 Å². The normalized spacial score (nSPS) is 17.4. The van der Waals surface area contributed by atoms with Crippen molar-refractivity contribution in [2.75, 3.05) is 6.54 Å². The van der Waals surface area contributed by atoms with Crippen molar-refractivity contribution in [2.45, 2.75) is 25.3 Å². The average Bonchev–Trinajstić information content (AvgIpc) is 3.34. The molecule has 4 heterocycles. The van der Waals surface area contributed by atoms with E-state index in [0.717, 1.165) is 0 Å². The molecule has 1 atom stereocenters. The Hall–Kier alpha value is -3.75. The van der Waals surface area contributed by atoms with Crippen LogP contribution in [0.3, 0.4) is 0 Å². The first-order valence-electron chi connectivity index (χ1n) is 9.87. The van der Waals surface area contributed by atoms with Gasteiger partial charge >= 0.3 is 0 Å². The van der Waals surface area contributed by atoms with E-state index in [1.165, 1.54) is 24.3 Å². The van der Waals surface area contributed by atoms with E-state index in [-0.39, 0.29) is 42.0 Å². The monoisotopic (exact) mass is 421 g/mol. The van der Waals surface area contributed by atoms with Crippen LogP contribution in [0.2, 0.25) is 0 Å². The third kappa shape index (κ3) is 3.41. The molecule has 5 rings (SSSR count). The molecule has 2 aliphatic rings. The Balaban J connectivity index is 1.52. The van der Waals surface area contributed by atoms with Crippen molar-refractivity contribution in [3.63, 3.8) is 0 Å². The van der Waals surface area contributed by atoms with Gasteiger partial charge in [-0.15, -0.1) is 0 Å². The van der Waals surface area contributed by atoms with Crippen LogP contribution in [-0.2, 0) is 17.8 Å². The average molecular weight is 421 g/mol. The summed E-state index contributed by atoms with van der Waals surface area (Å²) in [4.78, 5) is 28.5. The highest BCUT2D eigenvalue weighted by molar-refractivity contribution is 5.99. The molecule has 1 saturated heterocycles. The highest BCUT2D eigenvalue weighted by atomic mass is 19.1. The van der Waals surface area contributed by atoms with E-state index < -0.39 is 11.6 Å². The number of pyridine rings is 1. The first kappa shape index (κ1) is 19.2. The molecule has 3 aromatic rings. The van der Waals surface area contributed by atoms with Crippen LogP contribution in [0.25, 0.3) is 11.3 Å². The molecule has 2 aromatic heterocycles. The smallest absolute Gasteiger partial charge is 0.253 e. The third-order valence-corrected chi connectivity index (χ3v) is 5.56. The Kier molecular flexibility index (Phi) is 4.65. The fourth-order valence-electron chi connectivity index (χ4n) is 4.04. The summed E-state index contributed by atoms with van der Waals surface area (Å²) in [5.41, 5.74) is 2.42. The number of hydrogen-bond donors (Lipinski definition) is 2. The van der Waals surface area contributed by atoms with Crippen molar-refractivity contribution in [3.8, 4) is 11.3 Å². The van der Waals surface area contributed by atoms with E-state index in [4.69, 9.17) is 0 Å². The Morgan fingerprint density at radius 3 is 2.48 bits per heavy atom. The van der Waals surface area contributed by atoms with E-state index >= 15 is 0 Å². The van der Waals surface area contributed by atoms with Crippen LogP contribution in [-0.4, -0.2) is 33.5 Å². The number of nitrogens with zero attached hydrogens (tertiary/aromatic N) is 3. The van der Waals surface area contributed by atoms with Gasteiger partial charge in [0.1, 0.15) is 11.6 Å². The highest BCUT2D eigenvalue weighted by Crippen LogP contribution is 2.30. The van der Waals surface area contributed by atoms with Crippen LogP contribution in [0.15, 0.2) is 36.4 Å². The standard InChI is InChI=1S/C22H17F2N5O2/c23-14-2-1-3-15(24)20(14)17-9-11(19-18(27-17)10-26-22(19)31)8-12-4-5-16(29-28-12)13-6-7-25-21(13)30/h1-5,9,13H,6-8,10H2,(H,25,30)(H,26,31)/t13-/m0/s1. The molecule has 2 amide bonds. The topological polar surface area (TPSA) is 96.9 Å². The van der Waals surface area contributed by atoms with Crippen molar-refractivity contribution < 1.29 is 18.4 Å². The lowest BCUT2D eigenvalue weighted by Gasteiger charge is -2.11. The quantitative estimate of drug-likeness (QED) is 0.674. The maximum atomic E-state index is 14.3. The summed E-state index contributed by atoms with van der Waals surface area (Å²) in [6.45, 7) is 0.799. The van der Waals surface area contributed by atoms with Crippen LogP contribution in [0.1, 0.15) is 45.3 Å². The molecule has 0 aliphatic carbocycles. The number of carbonyl (C=O) groups is 2. The van der Waals surface area contributed by atoms with Gasteiger partial charge in [0.25, 0.3) is 5.91 Å². The third-order valence-electron chi connectivity index (χ3n) is 5.56. The fraction of sp³-hybridized carbons (Fsp3) is 0.227. The van der Waals surface area contributed by atoms with E-state index in [0.29, 0.717) is 41.2 Å². The molecular formula is C22H17F2N5O2. The highest BCUT2D eigenvalue weighted by Gasteiger charge is 2.29. The second kappa shape index (κ2) is 7.50. The molecule has 0 spiro atoms. The summed E-state index contributed by atoms with van der Waals surface area (Å²) < 4.78 is 28.7. The number of nitrogens with one attached hydrogen (secondary N) is 2. The van der Waals surface area contributed by atoms with Crippen LogP contribution >= 0.6 is 0 Å². The Morgan fingerprint density at radius 1 is 1.00 bits per heavy atom. The first-order valence-corrected chi connectivity index (χ1v) is 9.87. The van der Waals surface area contributed by atoms with Crippen molar-refractivity contribution in [1.82, 2.24) is 25.8 Å². The summed E-state index contributed by atoms with van der Waals surface area (Å²) in [5, 5.41) is 13.9. The molecular weight excluding hydrogens is 404 g/mol. The van der Waals surface area contributed by atoms with Crippen molar-refractivity contribution in [3.05, 3.63) is 76.2 Å². The molecule has 0 saturated carbocycles. The number of hydrogen-bond acceptors (Lipinski definition) is 5. The van der Waals surface area contributed by atoms with E-state index in [1.54, 1.807) is 12.1 Å². The maximum Gasteiger partial charge on any atom is 0.253 e. The first-order chi connectivity index (χ1) is 15.0. The summed E-state index contributed by atoms with van der Waals surface area (Å²) >= 11 is 0. The number of rotatable bonds is 4. The number of halogens is 2. The van der Waals surface area contributed by atoms with Gasteiger partial charge < -0.3 is 10.6 Å². The van der Waals surface area contributed by atoms with Crippen LogP contribution in [0.5, 0.6) is 0 Å². The Morgan fingerprint density at radius 2 is 1.81 bits per heavy atom. The molecule has 1 fully saturated rings. The van der Waals surface area contributed by atoms with Crippen molar-refractivity contribution in [2.24, 2.45) is 0 Å². The summed E-state index contributed by atoms with van der Waals surface area (Å²) in [6, 6.07) is 8.63. The van der Waals surface area contributed by atoms with Crippen molar-refractivity contribution in [1.29, 1.82) is 0 Å². The SMILES string of the molecule is O=C1NCc2nc(-c3c(F)cccc3F)cc(Cc3ccc([C@@H]4CCNC4=O)nn3)c21. The number of fused-ring (bicyclic) bond motifs is 1. The van der Waals surface area contributed by atoms with Gasteiger partial charge in [0.15, 0.2) is 0 Å². The maximum absolute atomic E-state index is 14.3. The Labute approximate surface area is 175 Å². The zero-order chi connectivity index (χ0) is 21.5. The number of carbonyl (C=O) groups excluding carboxylic acids is 2. The molecule has 156 valence electrons. The van der Waals surface area contributed by atoms with Gasteiger partial charge in [-0.25, -0.2) is 13.8 Å². The predicted octanol–water partition coefficient (Wildman–Crippen LogP) is 2.25. The van der Waals surface area contributed by atoms with E-state index in [1.807, 2.05) is 0 Å². The van der Waals surface area contributed by atoms with Gasteiger partial charge in [-0.1, -0.05) is 6.07 Å². The van der Waals surface area contributed by atoms with Gasteiger partial charge in [0.2, 0.25) is 5.91 Å². The molecule has 0 radical (unpaired) electrons. The van der Waals surface area contributed by atoms with Crippen LogP contribution in [0, 0.1) is 11.6 Å². The minimum absolute atomic E-state index is 0.0674. The Bertz CT molecular complexity index is 1190. The van der Waals surface area contributed by atoms with Crippen molar-refractivity contribution >= 4 is 11.8 Å². The van der Waals surface area contributed by atoms with E-state index in [2.05, 4.69) is 25.8 Å². The van der Waals surface area contributed by atoms with Gasteiger partial charge in [-0.2, -0.15) is 10.2 Å². The molecule has 9 heteroatoms. The van der Waals surface area contributed by atoms with Gasteiger partial charge in [0, 0.05) is 13.0 Å². The lowest BCUT2D eigenvalue weighted by atomic mass is 9.98. The molecule has 1 aromatic carbocycles. The lowest BCUT2D eigenvalue weighted by Crippen LogP contribution is -2.19. The number of aromatic nitrogens is 3. The molecule has 0 unspecified atom stereocenters. The largest absolute Gasteiger partial charge is 0.355 e. The predicted molar refractivity (Wildman–Crippen MR) is 106 cm³/mol. The molecule has 7 nitrogen and oxygen atoms in total. The zero-order valence-corrected chi connectivity index (χ0v) is 16.3. The summed E-state index contributed by atoms with van der Waals surface area (Å²) in [5.74, 6) is -2.12. The van der Waals surface area contributed by atoms with Gasteiger partial charge in [-0.05, 0) is 42.3 Å². The fourth-order valence-corrected chi connectivity index (χ4v) is 4.04. The van der Waals surface area contributed by atoms with E-state index in [9.17, 15) is 18.4 Å². The molecule has 31 heavy (non-hydrogen) atoms. The summed E-state index contributed by atoms with van der Waals surface area (Å²) in [7, 11) is 0.